The second-order valence-corrected chi connectivity index (χ2v) is 11.8. The highest BCUT2D eigenvalue weighted by Gasteiger charge is 2.20. The maximum Gasteiger partial charge on any atom is 0.0620 e. The molecule has 0 aliphatic carbocycles. The van der Waals surface area contributed by atoms with E-state index < -0.39 is 0 Å². The normalized spacial score (nSPS) is 12.1. The maximum atomic E-state index is 2.47. The van der Waals surface area contributed by atoms with Crippen LogP contribution >= 0.6 is 0 Å². The summed E-state index contributed by atoms with van der Waals surface area (Å²) in [7, 11) is 0. The van der Waals surface area contributed by atoms with E-state index in [0.717, 1.165) is 0 Å². The first-order chi connectivity index (χ1) is 21.8. The van der Waals surface area contributed by atoms with Gasteiger partial charge in [0.2, 0.25) is 0 Å². The number of para-hydroxylation sites is 3. The summed E-state index contributed by atoms with van der Waals surface area (Å²) in [6, 6.07) is 57.6. The molecule has 0 atom stereocenters. The smallest absolute Gasteiger partial charge is 0.0620 e. The molecule has 0 bridgehead atoms. The Bertz CT molecular complexity index is 2690. The fourth-order valence-corrected chi connectivity index (χ4v) is 7.48. The lowest BCUT2D eigenvalue weighted by Gasteiger charge is -2.11. The summed E-state index contributed by atoms with van der Waals surface area (Å²) in [5.41, 5.74) is 12.4. The van der Waals surface area contributed by atoms with Gasteiger partial charge in [-0.05, 0) is 58.7 Å². The molecule has 0 saturated heterocycles. The van der Waals surface area contributed by atoms with Gasteiger partial charge in [0.25, 0.3) is 0 Å². The molecule has 0 fully saturated rings. The zero-order valence-corrected chi connectivity index (χ0v) is 23.9. The van der Waals surface area contributed by atoms with E-state index >= 15 is 0 Å². The van der Waals surface area contributed by atoms with Crippen molar-refractivity contribution in [2.45, 2.75) is 0 Å². The number of nitrogens with zero attached hydrogens (tertiary/aromatic N) is 2. The van der Waals surface area contributed by atoms with Crippen LogP contribution in [-0.4, -0.2) is 8.97 Å². The summed E-state index contributed by atoms with van der Waals surface area (Å²) < 4.78 is 4.92. The van der Waals surface area contributed by atoms with Gasteiger partial charge < -0.3 is 8.97 Å². The first-order valence-electron chi connectivity index (χ1n) is 15.2. The third-order valence-electron chi connectivity index (χ3n) is 9.45. The van der Waals surface area contributed by atoms with Crippen molar-refractivity contribution in [3.8, 4) is 27.9 Å². The van der Waals surface area contributed by atoms with Gasteiger partial charge >= 0.3 is 0 Å². The predicted octanol–water partition coefficient (Wildman–Crippen LogP) is 11.3. The van der Waals surface area contributed by atoms with Gasteiger partial charge in [-0.2, -0.15) is 0 Å². The van der Waals surface area contributed by atoms with E-state index in [2.05, 4.69) is 167 Å². The Morgan fingerprint density at radius 3 is 1.61 bits per heavy atom. The van der Waals surface area contributed by atoms with Gasteiger partial charge in [0.05, 0.1) is 27.6 Å². The second-order valence-electron chi connectivity index (χ2n) is 11.8. The van der Waals surface area contributed by atoms with E-state index in [4.69, 9.17) is 0 Å². The fraction of sp³-hybridized carbons (Fsp3) is 0. The topological polar surface area (TPSA) is 9.34 Å². The minimum absolute atomic E-state index is 1.17. The summed E-state index contributed by atoms with van der Waals surface area (Å²) >= 11 is 0. The van der Waals surface area contributed by atoms with Gasteiger partial charge in [0.1, 0.15) is 0 Å². The first-order valence-corrected chi connectivity index (χ1v) is 15.2. The fourth-order valence-electron chi connectivity index (χ4n) is 7.48. The van der Waals surface area contributed by atoms with Crippen LogP contribution in [0.1, 0.15) is 0 Å². The molecule has 0 aliphatic rings. The molecule has 10 rings (SSSR count). The van der Waals surface area contributed by atoms with Gasteiger partial charge in [0.15, 0.2) is 0 Å². The third-order valence-corrected chi connectivity index (χ3v) is 9.45. The van der Waals surface area contributed by atoms with Crippen LogP contribution in [0.25, 0.3) is 87.8 Å². The summed E-state index contributed by atoms with van der Waals surface area (Å²) in [5, 5.41) is 7.77. The average molecular weight is 559 g/mol. The lowest BCUT2D eigenvalue weighted by Crippen LogP contribution is -1.94. The van der Waals surface area contributed by atoms with Crippen LogP contribution in [0.5, 0.6) is 0 Å². The Labute approximate surface area is 254 Å². The third kappa shape index (κ3) is 3.20. The molecular formula is C42H26N2. The van der Waals surface area contributed by atoms with E-state index in [1.807, 2.05) is 0 Å². The van der Waals surface area contributed by atoms with Crippen molar-refractivity contribution in [1.29, 1.82) is 0 Å². The molecule has 2 heteroatoms. The molecule has 204 valence electrons. The molecule has 44 heavy (non-hydrogen) atoms. The number of aromatic nitrogens is 2. The summed E-state index contributed by atoms with van der Waals surface area (Å²) in [6.45, 7) is 0. The highest BCUT2D eigenvalue weighted by molar-refractivity contribution is 6.26. The van der Waals surface area contributed by atoms with Gasteiger partial charge in [0, 0.05) is 38.0 Å². The predicted molar refractivity (Wildman–Crippen MR) is 186 cm³/mol. The van der Waals surface area contributed by atoms with E-state index in [-0.39, 0.29) is 0 Å². The molecule has 0 N–H and O–H groups in total. The summed E-state index contributed by atoms with van der Waals surface area (Å²) in [6.07, 6.45) is 0. The van der Waals surface area contributed by atoms with Crippen molar-refractivity contribution in [3.63, 3.8) is 0 Å². The SMILES string of the molecule is c1ccc(-c2ccc(-c3cccc(-n4c5ccccc5c5cc6c(cc54)c4cccc5c7ccccc7n6c54)c3)cc2)cc1. The van der Waals surface area contributed by atoms with Crippen molar-refractivity contribution >= 4 is 59.9 Å². The summed E-state index contributed by atoms with van der Waals surface area (Å²) in [4.78, 5) is 0. The Hall–Kier alpha value is -5.86. The maximum absolute atomic E-state index is 2.47. The molecule has 0 unspecified atom stereocenters. The van der Waals surface area contributed by atoms with Crippen molar-refractivity contribution in [1.82, 2.24) is 8.97 Å². The van der Waals surface area contributed by atoms with Crippen LogP contribution in [0.2, 0.25) is 0 Å². The van der Waals surface area contributed by atoms with Gasteiger partial charge in [-0.3, -0.25) is 0 Å². The van der Waals surface area contributed by atoms with E-state index in [9.17, 15) is 0 Å². The van der Waals surface area contributed by atoms with E-state index in [1.165, 1.54) is 87.8 Å². The molecule has 7 aromatic carbocycles. The van der Waals surface area contributed by atoms with E-state index in [1.54, 1.807) is 0 Å². The first kappa shape index (κ1) is 23.7. The second kappa shape index (κ2) is 8.82. The molecule has 0 aliphatic heterocycles. The number of rotatable bonds is 3. The van der Waals surface area contributed by atoms with Crippen molar-refractivity contribution in [3.05, 3.63) is 158 Å². The molecule has 0 radical (unpaired) electrons. The van der Waals surface area contributed by atoms with Crippen LogP contribution in [0.4, 0.5) is 0 Å². The van der Waals surface area contributed by atoms with Crippen molar-refractivity contribution in [2.24, 2.45) is 0 Å². The van der Waals surface area contributed by atoms with Crippen molar-refractivity contribution in [2.75, 3.05) is 0 Å². The largest absolute Gasteiger partial charge is 0.309 e. The van der Waals surface area contributed by atoms with E-state index in [0.29, 0.717) is 0 Å². The number of benzene rings is 7. The van der Waals surface area contributed by atoms with Crippen LogP contribution in [-0.2, 0) is 0 Å². The highest BCUT2D eigenvalue weighted by atomic mass is 15.0. The lowest BCUT2D eigenvalue weighted by atomic mass is 10.00. The Morgan fingerprint density at radius 2 is 0.818 bits per heavy atom. The Kier molecular flexibility index (Phi) is 4.75. The number of hydrogen-bond acceptors (Lipinski definition) is 0. The standard InChI is InChI=1S/C42H26N2/c1-2-10-27(11-3-1)28-20-22-29(23-21-28)30-12-8-13-31(24-30)43-38-18-6-5-15-33(38)36-25-41-37(26-40(36)43)35-17-9-16-34-32-14-4-7-19-39(32)44(41)42(34)35/h1-26H. The van der Waals surface area contributed by atoms with Crippen LogP contribution in [0.15, 0.2) is 158 Å². The minimum Gasteiger partial charge on any atom is -0.309 e. The monoisotopic (exact) mass is 558 g/mol. The zero-order chi connectivity index (χ0) is 28.8. The van der Waals surface area contributed by atoms with Crippen LogP contribution in [0, 0.1) is 0 Å². The molecule has 0 saturated carbocycles. The highest BCUT2D eigenvalue weighted by Crippen LogP contribution is 2.42. The molecule has 3 heterocycles. The molecule has 3 aromatic heterocycles. The summed E-state index contributed by atoms with van der Waals surface area (Å²) in [5.74, 6) is 0. The van der Waals surface area contributed by atoms with Gasteiger partial charge in [-0.15, -0.1) is 0 Å². The minimum atomic E-state index is 1.17. The Balaban J connectivity index is 1.22. The number of fused-ring (bicyclic) bond motifs is 9. The number of hydrogen-bond donors (Lipinski definition) is 0. The van der Waals surface area contributed by atoms with Crippen molar-refractivity contribution < 1.29 is 0 Å². The lowest BCUT2D eigenvalue weighted by molar-refractivity contribution is 1.18. The van der Waals surface area contributed by atoms with Crippen LogP contribution < -0.4 is 0 Å². The van der Waals surface area contributed by atoms with Gasteiger partial charge in [-0.25, -0.2) is 0 Å². The Morgan fingerprint density at radius 1 is 0.295 bits per heavy atom. The quantitative estimate of drug-likeness (QED) is 0.204. The van der Waals surface area contributed by atoms with Crippen LogP contribution in [0.3, 0.4) is 0 Å². The molecule has 0 spiro atoms. The average Bonchev–Trinajstić information content (AvgIpc) is 3.73. The zero-order valence-electron chi connectivity index (χ0n) is 23.9. The van der Waals surface area contributed by atoms with Gasteiger partial charge in [-0.1, -0.05) is 121 Å². The molecule has 10 aromatic rings. The molecule has 2 nitrogen and oxygen atoms in total. The molecule has 0 amide bonds. The molecular weight excluding hydrogens is 532 g/mol.